The summed E-state index contributed by atoms with van der Waals surface area (Å²) in [5.41, 5.74) is 8.93. The molecule has 3 N–H and O–H groups in total. The number of nitrogen functional groups attached to an aromatic ring is 1. The Hall–Kier alpha value is -3.55. The average molecular weight is 462 g/mol. The summed E-state index contributed by atoms with van der Waals surface area (Å²) in [5.74, 6) is 0. The van der Waals surface area contributed by atoms with Crippen LogP contribution in [0, 0.1) is 5.41 Å². The monoisotopic (exact) mass is 461 g/mol. The molecule has 0 unspecified atom stereocenters. The van der Waals surface area contributed by atoms with Gasteiger partial charge in [0.1, 0.15) is 10.6 Å². The van der Waals surface area contributed by atoms with Gasteiger partial charge in [0.05, 0.1) is 11.4 Å². The van der Waals surface area contributed by atoms with Crippen molar-refractivity contribution in [3.63, 3.8) is 0 Å². The second kappa shape index (κ2) is 9.52. The van der Waals surface area contributed by atoms with Crippen LogP contribution in [0.2, 0.25) is 0 Å². The van der Waals surface area contributed by atoms with E-state index in [4.69, 9.17) is 5.73 Å². The van der Waals surface area contributed by atoms with Crippen LogP contribution in [-0.2, 0) is 10.1 Å². The van der Waals surface area contributed by atoms with Crippen molar-refractivity contribution >= 4 is 32.3 Å². The van der Waals surface area contributed by atoms with Crippen molar-refractivity contribution < 1.29 is 13.0 Å². The number of allylic oxidation sites excluding steroid dienone is 10. The summed E-state index contributed by atoms with van der Waals surface area (Å²) in [7, 11) is -4.47. The fourth-order valence-corrected chi connectivity index (χ4v) is 3.97. The molecule has 0 aliphatic heterocycles. The molecule has 170 valence electrons. The smallest absolute Gasteiger partial charge is 0.295 e. The van der Waals surface area contributed by atoms with E-state index in [0.717, 1.165) is 11.1 Å². The van der Waals surface area contributed by atoms with E-state index in [1.165, 1.54) is 6.07 Å². The minimum Gasteiger partial charge on any atom is -0.396 e. The van der Waals surface area contributed by atoms with Crippen molar-refractivity contribution in [2.24, 2.45) is 15.6 Å². The Morgan fingerprint density at radius 3 is 2.52 bits per heavy atom. The molecule has 0 atom stereocenters. The third-order valence-corrected chi connectivity index (χ3v) is 6.09. The van der Waals surface area contributed by atoms with Gasteiger partial charge in [0.2, 0.25) is 0 Å². The first kappa shape index (κ1) is 24.1. The van der Waals surface area contributed by atoms with Crippen molar-refractivity contribution in [2.75, 3.05) is 5.73 Å². The molecule has 0 spiro atoms. The van der Waals surface area contributed by atoms with E-state index < -0.39 is 10.1 Å². The van der Waals surface area contributed by atoms with E-state index in [9.17, 15) is 13.0 Å². The minimum atomic E-state index is -4.47. The largest absolute Gasteiger partial charge is 0.396 e. The molecular weight excluding hydrogens is 434 g/mol. The number of nitrogens with two attached hydrogens (primary N) is 1. The maximum atomic E-state index is 11.9. The summed E-state index contributed by atoms with van der Waals surface area (Å²) < 4.78 is 33.4. The first-order chi connectivity index (χ1) is 15.5. The second-order valence-corrected chi connectivity index (χ2v) is 9.63. The van der Waals surface area contributed by atoms with Gasteiger partial charge in [-0.3, -0.25) is 4.55 Å². The molecule has 33 heavy (non-hydrogen) atoms. The molecular formula is C26H27N3O3S. The van der Waals surface area contributed by atoms with Crippen LogP contribution in [-0.4, -0.2) is 13.0 Å². The van der Waals surface area contributed by atoms with Crippen molar-refractivity contribution in [1.29, 1.82) is 0 Å². The lowest BCUT2D eigenvalue weighted by atomic mass is 9.93. The van der Waals surface area contributed by atoms with Crippen molar-refractivity contribution in [2.45, 2.75) is 25.7 Å². The Bertz CT molecular complexity index is 1390. The number of azo groups is 1. The molecule has 3 rings (SSSR count). The Labute approximate surface area is 194 Å². The molecule has 0 fully saturated rings. The van der Waals surface area contributed by atoms with E-state index in [2.05, 4.69) is 42.8 Å². The molecule has 0 saturated carbocycles. The molecule has 7 heteroatoms. The quantitative estimate of drug-likeness (QED) is 0.212. The highest BCUT2D eigenvalue weighted by Crippen LogP contribution is 2.36. The number of benzene rings is 2. The molecule has 2 aromatic rings. The lowest BCUT2D eigenvalue weighted by molar-refractivity contribution is 0.484. The fraction of sp³-hybridized carbons (Fsp3) is 0.154. The summed E-state index contributed by atoms with van der Waals surface area (Å²) in [6, 6.07) is 7.87. The molecule has 0 bridgehead atoms. The van der Waals surface area contributed by atoms with Crippen LogP contribution in [0.15, 0.2) is 117 Å². The van der Waals surface area contributed by atoms with Gasteiger partial charge < -0.3 is 5.73 Å². The van der Waals surface area contributed by atoms with Gasteiger partial charge in [-0.2, -0.15) is 13.5 Å². The zero-order valence-electron chi connectivity index (χ0n) is 18.9. The standard InChI is InChI=1S/C26H27N3O3S/c1-5-20(13-12-18(2)19-9-8-15-26(3,4)16-14-19)28-29-23-17-24(33(30,31)32)21-10-6-7-11-22(21)25(23)27/h5-17H,2,27H2,1,3-4H3,(H,30,31,32)/b13-12-,20-5+,29-28?. The third kappa shape index (κ3) is 5.83. The van der Waals surface area contributed by atoms with Gasteiger partial charge in [0.25, 0.3) is 10.1 Å². The fourth-order valence-electron chi connectivity index (χ4n) is 3.26. The van der Waals surface area contributed by atoms with Crippen LogP contribution in [0.5, 0.6) is 0 Å². The maximum absolute atomic E-state index is 11.9. The van der Waals surface area contributed by atoms with Gasteiger partial charge in [-0.05, 0) is 30.2 Å². The SMILES string of the molecule is C=C(/C=C\C(=C/C)N=Nc1cc(S(=O)(=O)O)c2ccccc2c1N)C1=CC=CC(C)(C)C=C1. The number of anilines is 1. The van der Waals surface area contributed by atoms with Gasteiger partial charge in [-0.1, -0.05) is 87.2 Å². The Morgan fingerprint density at radius 1 is 1.15 bits per heavy atom. The Morgan fingerprint density at radius 2 is 1.85 bits per heavy atom. The number of rotatable bonds is 6. The normalized spacial score (nSPS) is 16.5. The second-order valence-electron chi connectivity index (χ2n) is 8.24. The van der Waals surface area contributed by atoms with Gasteiger partial charge in [0, 0.05) is 16.2 Å². The zero-order valence-corrected chi connectivity index (χ0v) is 19.7. The van der Waals surface area contributed by atoms with Crippen LogP contribution in [0.1, 0.15) is 20.8 Å². The highest BCUT2D eigenvalue weighted by Gasteiger charge is 2.18. The number of fused-ring (bicyclic) bond motifs is 1. The minimum absolute atomic E-state index is 0.0222. The predicted molar refractivity (Wildman–Crippen MR) is 135 cm³/mol. The van der Waals surface area contributed by atoms with Gasteiger partial charge in [-0.15, -0.1) is 5.11 Å². The lowest BCUT2D eigenvalue weighted by Crippen LogP contribution is -2.01. The van der Waals surface area contributed by atoms with Gasteiger partial charge in [0.15, 0.2) is 0 Å². The van der Waals surface area contributed by atoms with Crippen LogP contribution in [0.25, 0.3) is 10.8 Å². The first-order valence-corrected chi connectivity index (χ1v) is 11.8. The molecule has 1 aliphatic carbocycles. The van der Waals surface area contributed by atoms with Crippen molar-refractivity contribution in [3.8, 4) is 0 Å². The summed E-state index contributed by atoms with van der Waals surface area (Å²) in [4.78, 5) is -0.268. The predicted octanol–water partition coefficient (Wildman–Crippen LogP) is 6.85. The summed E-state index contributed by atoms with van der Waals surface area (Å²) in [6.45, 7) is 10.2. The molecule has 0 saturated heterocycles. The topological polar surface area (TPSA) is 105 Å². The van der Waals surface area contributed by atoms with E-state index >= 15 is 0 Å². The number of hydrogen-bond acceptors (Lipinski definition) is 5. The summed E-state index contributed by atoms with van der Waals surface area (Å²) in [5, 5.41) is 9.16. The lowest BCUT2D eigenvalue weighted by Gasteiger charge is -2.12. The Kier molecular flexibility index (Phi) is 6.95. The van der Waals surface area contributed by atoms with Gasteiger partial charge >= 0.3 is 0 Å². The van der Waals surface area contributed by atoms with E-state index in [1.54, 1.807) is 36.4 Å². The molecule has 0 radical (unpaired) electrons. The Balaban J connectivity index is 1.90. The number of nitrogens with zero attached hydrogens (tertiary/aromatic N) is 2. The van der Waals surface area contributed by atoms with E-state index in [0.29, 0.717) is 16.5 Å². The molecule has 6 nitrogen and oxygen atoms in total. The maximum Gasteiger partial charge on any atom is 0.295 e. The zero-order chi connectivity index (χ0) is 24.2. The number of hydrogen-bond donors (Lipinski definition) is 2. The van der Waals surface area contributed by atoms with Gasteiger partial charge in [-0.25, -0.2) is 0 Å². The van der Waals surface area contributed by atoms with Crippen molar-refractivity contribution in [1.82, 2.24) is 0 Å². The average Bonchev–Trinajstić information content (AvgIpc) is 2.94. The summed E-state index contributed by atoms with van der Waals surface area (Å²) in [6.07, 6.45) is 15.7. The first-order valence-electron chi connectivity index (χ1n) is 10.3. The van der Waals surface area contributed by atoms with E-state index in [-0.39, 0.29) is 21.7 Å². The molecule has 0 amide bonds. The van der Waals surface area contributed by atoms with E-state index in [1.807, 2.05) is 31.2 Å². The van der Waals surface area contributed by atoms with Crippen LogP contribution >= 0.6 is 0 Å². The van der Waals surface area contributed by atoms with Crippen LogP contribution in [0.4, 0.5) is 11.4 Å². The van der Waals surface area contributed by atoms with Crippen LogP contribution in [0.3, 0.4) is 0 Å². The molecule has 0 heterocycles. The molecule has 1 aliphatic rings. The highest BCUT2D eigenvalue weighted by molar-refractivity contribution is 7.86. The third-order valence-electron chi connectivity index (χ3n) is 5.19. The molecule has 2 aromatic carbocycles. The molecule has 0 aromatic heterocycles. The highest BCUT2D eigenvalue weighted by atomic mass is 32.2. The van der Waals surface area contributed by atoms with Crippen LogP contribution < -0.4 is 5.73 Å². The van der Waals surface area contributed by atoms with Crippen molar-refractivity contribution in [3.05, 3.63) is 102 Å². The summed E-state index contributed by atoms with van der Waals surface area (Å²) >= 11 is 0.